The molecule has 1 aromatic heterocycles. The van der Waals surface area contributed by atoms with Crippen molar-refractivity contribution in [3.05, 3.63) is 56.8 Å². The van der Waals surface area contributed by atoms with Crippen molar-refractivity contribution in [2.75, 3.05) is 7.11 Å². The van der Waals surface area contributed by atoms with Gasteiger partial charge in [0.2, 0.25) is 0 Å². The van der Waals surface area contributed by atoms with E-state index in [1.165, 1.54) is 0 Å². The Balaban J connectivity index is 2.81. The molecule has 0 bridgehead atoms. The van der Waals surface area contributed by atoms with Crippen LogP contribution >= 0.6 is 11.3 Å². The van der Waals surface area contributed by atoms with Gasteiger partial charge >= 0.3 is 0 Å². The van der Waals surface area contributed by atoms with Crippen molar-refractivity contribution in [1.29, 1.82) is 0 Å². The highest BCUT2D eigenvalue weighted by atomic mass is 32.1. The number of methoxy groups -OCH3 is 1. The largest absolute Gasteiger partial charge is 0.501 e. The average Bonchev–Trinajstić information content (AvgIpc) is 2.43. The van der Waals surface area contributed by atoms with Gasteiger partial charge in [0.25, 0.3) is 0 Å². The summed E-state index contributed by atoms with van der Waals surface area (Å²) in [6.45, 7) is 3.79. The SMILES string of the molecule is C/C=C\c1c(/C=C(\C)OC)sc2ccccc2c1=O. The molecule has 0 N–H and O–H groups in total. The Hall–Kier alpha value is -1.87. The Morgan fingerprint density at radius 1 is 1.32 bits per heavy atom. The van der Waals surface area contributed by atoms with Crippen molar-refractivity contribution >= 4 is 33.6 Å². The van der Waals surface area contributed by atoms with E-state index in [2.05, 4.69) is 0 Å². The van der Waals surface area contributed by atoms with Gasteiger partial charge in [-0.3, -0.25) is 4.79 Å². The first-order valence-corrected chi connectivity index (χ1v) is 6.90. The topological polar surface area (TPSA) is 26.3 Å². The zero-order valence-corrected chi connectivity index (χ0v) is 12.1. The number of hydrogen-bond acceptors (Lipinski definition) is 3. The van der Waals surface area contributed by atoms with Crippen LogP contribution in [-0.2, 0) is 4.74 Å². The summed E-state index contributed by atoms with van der Waals surface area (Å²) >= 11 is 1.60. The maximum absolute atomic E-state index is 12.5. The summed E-state index contributed by atoms with van der Waals surface area (Å²) in [7, 11) is 1.63. The smallest absolute Gasteiger partial charge is 0.195 e. The van der Waals surface area contributed by atoms with Gasteiger partial charge in [-0.1, -0.05) is 24.3 Å². The maximum Gasteiger partial charge on any atom is 0.195 e. The molecule has 0 spiro atoms. The van der Waals surface area contributed by atoms with E-state index in [0.29, 0.717) is 0 Å². The first kappa shape index (κ1) is 13.6. The molecule has 2 nitrogen and oxygen atoms in total. The molecule has 2 aromatic rings. The number of allylic oxidation sites excluding steroid dienone is 2. The second kappa shape index (κ2) is 5.85. The molecule has 3 heteroatoms. The molecule has 98 valence electrons. The number of rotatable bonds is 3. The van der Waals surface area contributed by atoms with Crippen LogP contribution in [-0.4, -0.2) is 7.11 Å². The number of fused-ring (bicyclic) bond motifs is 1. The molecule has 0 amide bonds. The van der Waals surface area contributed by atoms with Crippen LogP contribution in [0.4, 0.5) is 0 Å². The summed E-state index contributed by atoms with van der Waals surface area (Å²) in [6, 6.07) is 7.69. The van der Waals surface area contributed by atoms with Gasteiger partial charge in [0, 0.05) is 20.5 Å². The van der Waals surface area contributed by atoms with E-state index in [4.69, 9.17) is 4.74 Å². The second-order valence-electron chi connectivity index (χ2n) is 4.16. The van der Waals surface area contributed by atoms with E-state index in [1.54, 1.807) is 18.4 Å². The van der Waals surface area contributed by atoms with Crippen LogP contribution in [0.15, 0.2) is 40.9 Å². The van der Waals surface area contributed by atoms with E-state index in [0.717, 1.165) is 26.3 Å². The Morgan fingerprint density at radius 3 is 2.74 bits per heavy atom. The minimum absolute atomic E-state index is 0.0719. The molecule has 0 fully saturated rings. The lowest BCUT2D eigenvalue weighted by Crippen LogP contribution is -2.06. The molecule has 0 saturated heterocycles. The fourth-order valence-electron chi connectivity index (χ4n) is 1.85. The molecular weight excluding hydrogens is 256 g/mol. The Bertz CT molecular complexity index is 708. The number of hydrogen-bond donors (Lipinski definition) is 0. The standard InChI is InChI=1S/C16H16O2S/c1-4-7-12-15(10-11(2)18-3)19-14-9-6-5-8-13(14)16(12)17/h4-10H,1-3H3/b7-4-,11-10+. The molecule has 0 aliphatic carbocycles. The van der Waals surface area contributed by atoms with Gasteiger partial charge in [-0.05, 0) is 32.1 Å². The van der Waals surface area contributed by atoms with Crippen molar-refractivity contribution in [3.8, 4) is 0 Å². The van der Waals surface area contributed by atoms with Crippen LogP contribution < -0.4 is 5.43 Å². The minimum atomic E-state index is 0.0719. The number of benzene rings is 1. The number of ether oxygens (including phenoxy) is 1. The molecule has 0 aliphatic heterocycles. The summed E-state index contributed by atoms with van der Waals surface area (Å²) in [6.07, 6.45) is 5.66. The average molecular weight is 272 g/mol. The van der Waals surface area contributed by atoms with Gasteiger partial charge in [0.1, 0.15) is 0 Å². The Labute approximate surface area is 116 Å². The van der Waals surface area contributed by atoms with Crippen molar-refractivity contribution in [1.82, 2.24) is 0 Å². The summed E-state index contributed by atoms with van der Waals surface area (Å²) in [5.74, 6) is 0.789. The lowest BCUT2D eigenvalue weighted by molar-refractivity contribution is 0.297. The van der Waals surface area contributed by atoms with Crippen LogP contribution in [0.2, 0.25) is 0 Å². The third kappa shape index (κ3) is 2.76. The summed E-state index contributed by atoms with van der Waals surface area (Å²) in [4.78, 5) is 13.4. The van der Waals surface area contributed by atoms with E-state index < -0.39 is 0 Å². The highest BCUT2D eigenvalue weighted by molar-refractivity contribution is 7.19. The van der Waals surface area contributed by atoms with E-state index >= 15 is 0 Å². The van der Waals surface area contributed by atoms with E-state index in [9.17, 15) is 4.79 Å². The molecule has 0 atom stereocenters. The lowest BCUT2D eigenvalue weighted by atomic mass is 10.1. The van der Waals surface area contributed by atoms with Crippen molar-refractivity contribution in [2.45, 2.75) is 13.8 Å². The van der Waals surface area contributed by atoms with Gasteiger partial charge in [-0.25, -0.2) is 0 Å². The zero-order chi connectivity index (χ0) is 13.8. The monoisotopic (exact) mass is 272 g/mol. The third-order valence-corrected chi connectivity index (χ3v) is 3.98. The molecule has 0 unspecified atom stereocenters. The fraction of sp³-hybridized carbons (Fsp3) is 0.188. The van der Waals surface area contributed by atoms with Crippen LogP contribution in [0.25, 0.3) is 22.2 Å². The van der Waals surface area contributed by atoms with Crippen LogP contribution in [0.1, 0.15) is 24.3 Å². The quantitative estimate of drug-likeness (QED) is 0.779. The predicted molar refractivity (Wildman–Crippen MR) is 83.5 cm³/mol. The van der Waals surface area contributed by atoms with Gasteiger partial charge in [-0.2, -0.15) is 0 Å². The molecular formula is C16H16O2S. The van der Waals surface area contributed by atoms with Gasteiger partial charge in [0.15, 0.2) is 5.43 Å². The van der Waals surface area contributed by atoms with Gasteiger partial charge < -0.3 is 4.74 Å². The second-order valence-corrected chi connectivity index (χ2v) is 5.25. The van der Waals surface area contributed by atoms with Crippen LogP contribution in [0.5, 0.6) is 0 Å². The summed E-state index contributed by atoms with van der Waals surface area (Å²) < 4.78 is 6.18. The van der Waals surface area contributed by atoms with Gasteiger partial charge in [0.05, 0.1) is 12.9 Å². The highest BCUT2D eigenvalue weighted by Crippen LogP contribution is 2.25. The van der Waals surface area contributed by atoms with E-state index in [1.807, 2.05) is 56.3 Å². The molecule has 0 radical (unpaired) electrons. The summed E-state index contributed by atoms with van der Waals surface area (Å²) in [5.41, 5.74) is 0.796. The predicted octanol–water partition coefficient (Wildman–Crippen LogP) is 4.30. The van der Waals surface area contributed by atoms with Crippen molar-refractivity contribution in [2.24, 2.45) is 0 Å². The summed E-state index contributed by atoms with van der Waals surface area (Å²) in [5, 5.41) is 0.771. The third-order valence-electron chi connectivity index (χ3n) is 2.85. The highest BCUT2D eigenvalue weighted by Gasteiger charge is 2.08. The Morgan fingerprint density at radius 2 is 2.05 bits per heavy atom. The molecule has 2 rings (SSSR count). The van der Waals surface area contributed by atoms with Crippen molar-refractivity contribution in [3.63, 3.8) is 0 Å². The van der Waals surface area contributed by atoms with Crippen molar-refractivity contribution < 1.29 is 4.74 Å². The molecule has 19 heavy (non-hydrogen) atoms. The zero-order valence-electron chi connectivity index (χ0n) is 11.3. The molecule has 1 heterocycles. The maximum atomic E-state index is 12.5. The van der Waals surface area contributed by atoms with E-state index in [-0.39, 0.29) is 5.43 Å². The van der Waals surface area contributed by atoms with Crippen LogP contribution in [0, 0.1) is 0 Å². The lowest BCUT2D eigenvalue weighted by Gasteiger charge is -2.05. The first-order valence-electron chi connectivity index (χ1n) is 6.08. The Kier molecular flexibility index (Phi) is 4.17. The fourth-order valence-corrected chi connectivity index (χ4v) is 3.00. The molecule has 0 aliphatic rings. The molecule has 1 aromatic carbocycles. The molecule has 0 saturated carbocycles. The minimum Gasteiger partial charge on any atom is -0.501 e. The normalized spacial score (nSPS) is 12.3. The van der Waals surface area contributed by atoms with Gasteiger partial charge in [-0.15, -0.1) is 11.3 Å². The first-order chi connectivity index (χ1) is 9.17. The van der Waals surface area contributed by atoms with Crippen LogP contribution in [0.3, 0.4) is 0 Å².